The van der Waals surface area contributed by atoms with Crippen LogP contribution in [-0.4, -0.2) is 47.6 Å². The van der Waals surface area contributed by atoms with Gasteiger partial charge in [-0.1, -0.05) is 66.7 Å². The second-order valence-electron chi connectivity index (χ2n) is 6.22. The first-order valence-electron chi connectivity index (χ1n) is 8.77. The molecule has 0 bridgehead atoms. The fraction of sp³-hybridized carbons (Fsp3) is 0.286. The lowest BCUT2D eigenvalue weighted by Gasteiger charge is -2.40. The first-order chi connectivity index (χ1) is 12.3. The first-order valence-corrected chi connectivity index (χ1v) is 9.18. The molecule has 1 aliphatic rings. The number of hydrogen-bond donors (Lipinski definition) is 1. The Morgan fingerprint density at radius 2 is 1.48 bits per heavy atom. The average molecular weight is 352 g/mol. The Balaban J connectivity index is 1.73. The molecule has 1 N–H and O–H groups in total. The lowest BCUT2D eigenvalue weighted by atomic mass is 9.96. The van der Waals surface area contributed by atoms with Gasteiger partial charge >= 0.3 is 0 Å². The van der Waals surface area contributed by atoms with E-state index in [-0.39, 0.29) is 0 Å². The van der Waals surface area contributed by atoms with Crippen LogP contribution in [0.15, 0.2) is 73.3 Å². The lowest BCUT2D eigenvalue weighted by molar-refractivity contribution is 0.150. The van der Waals surface area contributed by atoms with E-state index in [1.165, 1.54) is 11.1 Å². The molecule has 0 atom stereocenters. The number of nitrogens with zero attached hydrogens (tertiary/aromatic N) is 2. The predicted octanol–water partition coefficient (Wildman–Crippen LogP) is 3.45. The topological polar surface area (TPSA) is 18.5 Å². The van der Waals surface area contributed by atoms with Crippen LogP contribution in [0.4, 0.5) is 0 Å². The summed E-state index contributed by atoms with van der Waals surface area (Å²) in [7, 11) is 0. The van der Waals surface area contributed by atoms with E-state index in [0.29, 0.717) is 6.04 Å². The van der Waals surface area contributed by atoms with Crippen LogP contribution < -0.4 is 5.32 Å². The number of thiocarbonyl (C=S) groups is 1. The van der Waals surface area contributed by atoms with Crippen LogP contribution in [0.3, 0.4) is 0 Å². The van der Waals surface area contributed by atoms with Gasteiger partial charge in [0.25, 0.3) is 0 Å². The van der Waals surface area contributed by atoms with Gasteiger partial charge in [0.2, 0.25) is 0 Å². The highest BCUT2D eigenvalue weighted by molar-refractivity contribution is 7.80. The third-order valence-corrected chi connectivity index (χ3v) is 5.00. The van der Waals surface area contributed by atoms with Gasteiger partial charge in [0, 0.05) is 32.7 Å². The van der Waals surface area contributed by atoms with Gasteiger partial charge in [-0.05, 0) is 23.3 Å². The molecule has 25 heavy (non-hydrogen) atoms. The Labute approximate surface area is 156 Å². The minimum Gasteiger partial charge on any atom is -0.359 e. The molecule has 3 rings (SSSR count). The van der Waals surface area contributed by atoms with E-state index in [4.69, 9.17) is 12.2 Å². The van der Waals surface area contributed by atoms with Gasteiger partial charge in [-0.15, -0.1) is 6.58 Å². The molecule has 1 heterocycles. The quantitative estimate of drug-likeness (QED) is 0.657. The molecule has 2 aromatic rings. The van der Waals surface area contributed by atoms with Crippen molar-refractivity contribution in [3.8, 4) is 0 Å². The highest BCUT2D eigenvalue weighted by Crippen LogP contribution is 2.29. The van der Waals surface area contributed by atoms with Crippen molar-refractivity contribution in [1.82, 2.24) is 15.1 Å². The summed E-state index contributed by atoms with van der Waals surface area (Å²) >= 11 is 5.48. The van der Waals surface area contributed by atoms with Gasteiger partial charge in [0.1, 0.15) is 0 Å². The second kappa shape index (κ2) is 8.79. The Kier molecular flexibility index (Phi) is 6.20. The molecule has 1 saturated heterocycles. The molecule has 130 valence electrons. The third-order valence-electron chi connectivity index (χ3n) is 4.59. The van der Waals surface area contributed by atoms with Crippen molar-refractivity contribution >= 4 is 17.3 Å². The lowest BCUT2D eigenvalue weighted by Crippen LogP contribution is -2.52. The minimum atomic E-state index is 0.291. The van der Waals surface area contributed by atoms with Crippen LogP contribution in [0.5, 0.6) is 0 Å². The molecule has 3 nitrogen and oxygen atoms in total. The maximum absolute atomic E-state index is 5.48. The first kappa shape index (κ1) is 17.6. The molecule has 2 aromatic carbocycles. The standard InChI is InChI=1S/C21H25N3S/c1-2-13-22-21(25)24-16-14-23(15-17-24)20(18-9-5-3-6-10-18)19-11-7-4-8-12-19/h2-12,20H,1,13-17H2,(H,22,25). The zero-order valence-electron chi connectivity index (χ0n) is 14.5. The smallest absolute Gasteiger partial charge is 0.169 e. The Hall–Kier alpha value is -2.17. The van der Waals surface area contributed by atoms with Gasteiger partial charge in [-0.3, -0.25) is 4.90 Å². The largest absolute Gasteiger partial charge is 0.359 e. The van der Waals surface area contributed by atoms with Crippen LogP contribution in [0.25, 0.3) is 0 Å². The van der Waals surface area contributed by atoms with Gasteiger partial charge in [-0.2, -0.15) is 0 Å². The fourth-order valence-electron chi connectivity index (χ4n) is 3.34. The SMILES string of the molecule is C=CCNC(=S)N1CCN(C(c2ccccc2)c2ccccc2)CC1. The fourth-order valence-corrected chi connectivity index (χ4v) is 3.61. The van der Waals surface area contributed by atoms with Crippen molar-refractivity contribution in [2.45, 2.75) is 6.04 Å². The Bertz CT molecular complexity index is 639. The number of benzene rings is 2. The van der Waals surface area contributed by atoms with Crippen molar-refractivity contribution in [2.75, 3.05) is 32.7 Å². The van der Waals surface area contributed by atoms with Crippen LogP contribution in [0.2, 0.25) is 0 Å². The van der Waals surface area contributed by atoms with Gasteiger partial charge in [0.05, 0.1) is 6.04 Å². The van der Waals surface area contributed by atoms with E-state index in [1.807, 2.05) is 6.08 Å². The number of rotatable bonds is 5. The summed E-state index contributed by atoms with van der Waals surface area (Å²) in [5.74, 6) is 0. The van der Waals surface area contributed by atoms with E-state index in [0.717, 1.165) is 37.8 Å². The van der Waals surface area contributed by atoms with Gasteiger partial charge in [-0.25, -0.2) is 0 Å². The minimum absolute atomic E-state index is 0.291. The van der Waals surface area contributed by atoms with E-state index in [2.05, 4.69) is 82.4 Å². The summed E-state index contributed by atoms with van der Waals surface area (Å²) in [5, 5.41) is 4.06. The van der Waals surface area contributed by atoms with Gasteiger partial charge in [0.15, 0.2) is 5.11 Å². The van der Waals surface area contributed by atoms with Crippen molar-refractivity contribution in [2.24, 2.45) is 0 Å². The van der Waals surface area contributed by atoms with Crippen molar-refractivity contribution in [3.63, 3.8) is 0 Å². The van der Waals surface area contributed by atoms with E-state index in [1.54, 1.807) is 0 Å². The summed E-state index contributed by atoms with van der Waals surface area (Å²) in [6, 6.07) is 21.8. The summed E-state index contributed by atoms with van der Waals surface area (Å²) in [5.41, 5.74) is 2.68. The second-order valence-corrected chi connectivity index (χ2v) is 6.61. The molecular weight excluding hydrogens is 326 g/mol. The number of nitrogens with one attached hydrogen (secondary N) is 1. The Morgan fingerprint density at radius 1 is 0.960 bits per heavy atom. The van der Waals surface area contributed by atoms with Gasteiger partial charge < -0.3 is 10.2 Å². The van der Waals surface area contributed by atoms with Crippen LogP contribution in [-0.2, 0) is 0 Å². The van der Waals surface area contributed by atoms with E-state index in [9.17, 15) is 0 Å². The Morgan fingerprint density at radius 3 is 1.96 bits per heavy atom. The zero-order valence-corrected chi connectivity index (χ0v) is 15.3. The highest BCUT2D eigenvalue weighted by atomic mass is 32.1. The van der Waals surface area contributed by atoms with Crippen LogP contribution in [0, 0.1) is 0 Å². The molecule has 4 heteroatoms. The van der Waals surface area contributed by atoms with Crippen LogP contribution >= 0.6 is 12.2 Å². The van der Waals surface area contributed by atoms with E-state index >= 15 is 0 Å². The van der Waals surface area contributed by atoms with Crippen molar-refractivity contribution in [3.05, 3.63) is 84.4 Å². The number of hydrogen-bond acceptors (Lipinski definition) is 2. The molecule has 0 spiro atoms. The molecule has 1 aliphatic heterocycles. The normalized spacial score (nSPS) is 15.2. The van der Waals surface area contributed by atoms with E-state index < -0.39 is 0 Å². The van der Waals surface area contributed by atoms with Crippen molar-refractivity contribution < 1.29 is 0 Å². The number of piperazine rings is 1. The zero-order chi connectivity index (χ0) is 17.5. The molecule has 0 aliphatic carbocycles. The molecular formula is C21H25N3S. The molecule has 0 saturated carbocycles. The molecule has 0 radical (unpaired) electrons. The molecule has 0 unspecified atom stereocenters. The maximum Gasteiger partial charge on any atom is 0.169 e. The molecule has 0 aromatic heterocycles. The third kappa shape index (κ3) is 4.47. The maximum atomic E-state index is 5.48. The average Bonchev–Trinajstić information content (AvgIpc) is 2.68. The highest BCUT2D eigenvalue weighted by Gasteiger charge is 2.26. The summed E-state index contributed by atoms with van der Waals surface area (Å²) < 4.78 is 0. The summed E-state index contributed by atoms with van der Waals surface area (Å²) in [4.78, 5) is 4.81. The molecule has 0 amide bonds. The summed E-state index contributed by atoms with van der Waals surface area (Å²) in [6.45, 7) is 8.32. The molecule has 1 fully saturated rings. The van der Waals surface area contributed by atoms with Crippen LogP contribution in [0.1, 0.15) is 17.2 Å². The predicted molar refractivity (Wildman–Crippen MR) is 109 cm³/mol. The summed E-state index contributed by atoms with van der Waals surface area (Å²) in [6.07, 6.45) is 1.84. The monoisotopic (exact) mass is 351 g/mol. The van der Waals surface area contributed by atoms with Crippen molar-refractivity contribution in [1.29, 1.82) is 0 Å².